The van der Waals surface area contributed by atoms with Crippen LogP contribution in [0.2, 0.25) is 0 Å². The maximum Gasteiger partial charge on any atom is 0.147 e. The zero-order valence-corrected chi connectivity index (χ0v) is 8.90. The molecule has 4 nitrogen and oxygen atoms in total. The van der Waals surface area contributed by atoms with Crippen LogP contribution in [0.1, 0.15) is 43.3 Å². The van der Waals surface area contributed by atoms with Gasteiger partial charge in [-0.05, 0) is 32.6 Å². The van der Waals surface area contributed by atoms with Crippen LogP contribution in [-0.4, -0.2) is 20.8 Å². The Balaban J connectivity index is 2.11. The molecule has 0 aromatic carbocycles. The first kappa shape index (κ1) is 9.65. The summed E-state index contributed by atoms with van der Waals surface area (Å²) in [6, 6.07) is 0.403. The van der Waals surface area contributed by atoms with Gasteiger partial charge in [0.15, 0.2) is 0 Å². The van der Waals surface area contributed by atoms with E-state index in [0.717, 1.165) is 37.3 Å². The zero-order valence-electron chi connectivity index (χ0n) is 8.90. The molecule has 0 atom stereocenters. The van der Waals surface area contributed by atoms with Crippen LogP contribution in [0.25, 0.3) is 0 Å². The molecule has 2 N–H and O–H groups in total. The number of nitrogens with two attached hydrogens (primary N) is 1. The predicted octanol–water partition coefficient (Wildman–Crippen LogP) is 1.11. The summed E-state index contributed by atoms with van der Waals surface area (Å²) >= 11 is 0. The summed E-state index contributed by atoms with van der Waals surface area (Å²) in [5, 5.41) is 4.28. The van der Waals surface area contributed by atoms with E-state index in [-0.39, 0.29) is 0 Å². The van der Waals surface area contributed by atoms with Gasteiger partial charge in [0.05, 0.1) is 0 Å². The number of hydrogen-bond donors (Lipinski definition) is 1. The van der Waals surface area contributed by atoms with E-state index in [2.05, 4.69) is 10.1 Å². The number of hydrogen-bond acceptors (Lipinski definition) is 3. The molecule has 0 unspecified atom stereocenters. The third-order valence-corrected chi connectivity index (χ3v) is 3.04. The van der Waals surface area contributed by atoms with Gasteiger partial charge in [-0.2, -0.15) is 5.10 Å². The third kappa shape index (κ3) is 1.80. The Hall–Kier alpha value is -0.900. The van der Waals surface area contributed by atoms with Gasteiger partial charge in [0.25, 0.3) is 0 Å². The molecular weight excluding hydrogens is 176 g/mol. The van der Waals surface area contributed by atoms with Crippen LogP contribution >= 0.6 is 0 Å². The fourth-order valence-electron chi connectivity index (χ4n) is 2.26. The van der Waals surface area contributed by atoms with Crippen molar-refractivity contribution in [3.8, 4) is 0 Å². The summed E-state index contributed by atoms with van der Waals surface area (Å²) < 4.78 is 1.91. The van der Waals surface area contributed by atoms with Crippen molar-refractivity contribution >= 4 is 0 Å². The Morgan fingerprint density at radius 1 is 1.29 bits per heavy atom. The van der Waals surface area contributed by atoms with Gasteiger partial charge in [-0.1, -0.05) is 0 Å². The lowest BCUT2D eigenvalue weighted by atomic mass is 9.86. The molecule has 14 heavy (non-hydrogen) atoms. The van der Waals surface area contributed by atoms with E-state index in [1.54, 1.807) is 0 Å². The molecule has 0 spiro atoms. The summed E-state index contributed by atoms with van der Waals surface area (Å²) in [6.45, 7) is 1.94. The normalized spacial score (nSPS) is 27.9. The van der Waals surface area contributed by atoms with Crippen molar-refractivity contribution in [2.24, 2.45) is 12.8 Å². The molecule has 1 aliphatic rings. The first-order valence-electron chi connectivity index (χ1n) is 5.30. The highest BCUT2D eigenvalue weighted by Crippen LogP contribution is 2.30. The minimum atomic E-state index is 0.403. The van der Waals surface area contributed by atoms with E-state index in [4.69, 9.17) is 5.73 Å². The van der Waals surface area contributed by atoms with Crippen molar-refractivity contribution in [2.75, 3.05) is 0 Å². The van der Waals surface area contributed by atoms with Crippen molar-refractivity contribution in [3.63, 3.8) is 0 Å². The standard InChI is InChI=1S/C10H18N4/c1-7-12-10(14(2)13-7)8-3-5-9(11)6-4-8/h8-9H,3-6,11H2,1-2H3. The van der Waals surface area contributed by atoms with E-state index in [1.807, 2.05) is 18.7 Å². The second kappa shape index (κ2) is 3.69. The first-order chi connectivity index (χ1) is 6.66. The minimum Gasteiger partial charge on any atom is -0.328 e. The first-order valence-corrected chi connectivity index (χ1v) is 5.30. The van der Waals surface area contributed by atoms with Crippen molar-refractivity contribution in [3.05, 3.63) is 11.6 Å². The molecular formula is C10H18N4. The zero-order chi connectivity index (χ0) is 10.1. The van der Waals surface area contributed by atoms with Gasteiger partial charge in [0.1, 0.15) is 11.6 Å². The Morgan fingerprint density at radius 2 is 1.93 bits per heavy atom. The molecule has 0 saturated heterocycles. The maximum atomic E-state index is 5.88. The SMILES string of the molecule is Cc1nc(C2CCC(N)CC2)n(C)n1. The van der Waals surface area contributed by atoms with Gasteiger partial charge in [0.2, 0.25) is 0 Å². The summed E-state index contributed by atoms with van der Waals surface area (Å²) in [4.78, 5) is 4.47. The van der Waals surface area contributed by atoms with Gasteiger partial charge in [-0.25, -0.2) is 4.98 Å². The Bertz CT molecular complexity index is 310. The number of rotatable bonds is 1. The van der Waals surface area contributed by atoms with Crippen LogP contribution in [-0.2, 0) is 7.05 Å². The van der Waals surface area contributed by atoms with Crippen molar-refractivity contribution in [2.45, 2.75) is 44.6 Å². The monoisotopic (exact) mass is 194 g/mol. The van der Waals surface area contributed by atoms with Gasteiger partial charge in [0, 0.05) is 19.0 Å². The van der Waals surface area contributed by atoms with Crippen LogP contribution < -0.4 is 5.73 Å². The molecule has 0 bridgehead atoms. The van der Waals surface area contributed by atoms with E-state index in [0.29, 0.717) is 12.0 Å². The molecule has 1 aromatic rings. The van der Waals surface area contributed by atoms with Crippen molar-refractivity contribution in [1.82, 2.24) is 14.8 Å². The molecule has 1 heterocycles. The Labute approximate surface area is 84.5 Å². The van der Waals surface area contributed by atoms with Crippen LogP contribution in [0.15, 0.2) is 0 Å². The van der Waals surface area contributed by atoms with Crippen molar-refractivity contribution < 1.29 is 0 Å². The molecule has 1 saturated carbocycles. The average Bonchev–Trinajstić information content (AvgIpc) is 2.47. The lowest BCUT2D eigenvalue weighted by molar-refractivity contribution is 0.377. The molecule has 0 aliphatic heterocycles. The maximum absolute atomic E-state index is 5.88. The minimum absolute atomic E-state index is 0.403. The summed E-state index contributed by atoms with van der Waals surface area (Å²) in [5.41, 5.74) is 5.88. The molecule has 1 aliphatic carbocycles. The van der Waals surface area contributed by atoms with E-state index in [1.165, 1.54) is 0 Å². The van der Waals surface area contributed by atoms with E-state index < -0.39 is 0 Å². The third-order valence-electron chi connectivity index (χ3n) is 3.04. The lowest BCUT2D eigenvalue weighted by Gasteiger charge is -2.24. The van der Waals surface area contributed by atoms with Gasteiger partial charge < -0.3 is 5.73 Å². The van der Waals surface area contributed by atoms with Crippen LogP contribution in [0, 0.1) is 6.92 Å². The summed E-state index contributed by atoms with van der Waals surface area (Å²) in [6.07, 6.45) is 4.56. The highest BCUT2D eigenvalue weighted by Gasteiger charge is 2.23. The topological polar surface area (TPSA) is 56.7 Å². The van der Waals surface area contributed by atoms with Crippen LogP contribution in [0.3, 0.4) is 0 Å². The summed E-state index contributed by atoms with van der Waals surface area (Å²) in [5.74, 6) is 2.58. The molecule has 0 amide bonds. The molecule has 78 valence electrons. The van der Waals surface area contributed by atoms with E-state index >= 15 is 0 Å². The predicted molar refractivity (Wildman–Crippen MR) is 54.9 cm³/mol. The molecule has 0 radical (unpaired) electrons. The smallest absolute Gasteiger partial charge is 0.147 e. The van der Waals surface area contributed by atoms with Crippen LogP contribution in [0.5, 0.6) is 0 Å². The largest absolute Gasteiger partial charge is 0.328 e. The quantitative estimate of drug-likeness (QED) is 0.728. The Morgan fingerprint density at radius 3 is 2.43 bits per heavy atom. The van der Waals surface area contributed by atoms with E-state index in [9.17, 15) is 0 Å². The average molecular weight is 194 g/mol. The highest BCUT2D eigenvalue weighted by molar-refractivity contribution is 5.01. The van der Waals surface area contributed by atoms with Gasteiger partial charge >= 0.3 is 0 Å². The second-order valence-electron chi connectivity index (χ2n) is 4.25. The molecule has 1 fully saturated rings. The fourth-order valence-corrected chi connectivity index (χ4v) is 2.26. The van der Waals surface area contributed by atoms with Crippen LogP contribution in [0.4, 0.5) is 0 Å². The summed E-state index contributed by atoms with van der Waals surface area (Å²) in [7, 11) is 1.98. The highest BCUT2D eigenvalue weighted by atomic mass is 15.3. The van der Waals surface area contributed by atoms with Gasteiger partial charge in [-0.3, -0.25) is 4.68 Å². The number of nitrogens with zero attached hydrogens (tertiary/aromatic N) is 3. The molecule has 4 heteroatoms. The molecule has 1 aromatic heterocycles. The fraction of sp³-hybridized carbons (Fsp3) is 0.800. The van der Waals surface area contributed by atoms with Crippen molar-refractivity contribution in [1.29, 1.82) is 0 Å². The molecule has 2 rings (SSSR count). The number of aryl methyl sites for hydroxylation is 2. The number of aromatic nitrogens is 3. The lowest BCUT2D eigenvalue weighted by Crippen LogP contribution is -2.26. The van der Waals surface area contributed by atoms with Gasteiger partial charge in [-0.15, -0.1) is 0 Å². The Kier molecular flexibility index (Phi) is 2.54. The second-order valence-corrected chi connectivity index (χ2v) is 4.25.